The Balaban J connectivity index is 1.67. The Labute approximate surface area is 150 Å². The maximum Gasteiger partial charge on any atom is 0.256 e. The first-order valence-corrected chi connectivity index (χ1v) is 8.05. The summed E-state index contributed by atoms with van der Waals surface area (Å²) in [6, 6.07) is 16.1. The molecule has 0 saturated heterocycles. The summed E-state index contributed by atoms with van der Waals surface area (Å²) < 4.78 is 18.5. The average molecular weight is 352 g/mol. The summed E-state index contributed by atoms with van der Waals surface area (Å²) in [4.78, 5) is 12.1. The Bertz CT molecular complexity index is 883. The van der Waals surface area contributed by atoms with Crippen molar-refractivity contribution in [3.8, 4) is 5.75 Å². The summed E-state index contributed by atoms with van der Waals surface area (Å²) in [5.74, 6) is 0.733. The van der Waals surface area contributed by atoms with Crippen LogP contribution in [-0.4, -0.2) is 22.7 Å². The molecule has 0 aliphatic rings. The molecule has 1 amide bonds. The molecule has 0 fully saturated rings. The van der Waals surface area contributed by atoms with E-state index in [1.54, 1.807) is 12.1 Å². The molecule has 26 heavy (non-hydrogen) atoms. The summed E-state index contributed by atoms with van der Waals surface area (Å²) >= 11 is 0. The Morgan fingerprint density at radius 1 is 1.00 bits per heavy atom. The number of hydrogen-bond donors (Lipinski definition) is 2. The zero-order chi connectivity index (χ0) is 18.4. The molecule has 2 N–H and O–H groups in total. The third kappa shape index (κ3) is 4.32. The lowest BCUT2D eigenvalue weighted by molar-refractivity contribution is 0.102. The minimum absolute atomic E-state index is 0.294. The molecule has 0 unspecified atom stereocenters. The SMILES string of the molecule is CCOc1ccccc1Nc1ccc(NC(=O)c2ccc(F)cc2)nn1. The summed E-state index contributed by atoms with van der Waals surface area (Å²) in [6.07, 6.45) is 0. The fourth-order valence-corrected chi connectivity index (χ4v) is 2.24. The van der Waals surface area contributed by atoms with Crippen LogP contribution in [0.1, 0.15) is 17.3 Å². The number of benzene rings is 2. The molecule has 3 rings (SSSR count). The van der Waals surface area contributed by atoms with Crippen molar-refractivity contribution < 1.29 is 13.9 Å². The topological polar surface area (TPSA) is 76.1 Å². The lowest BCUT2D eigenvalue weighted by Gasteiger charge is -2.11. The minimum atomic E-state index is -0.399. The van der Waals surface area contributed by atoms with E-state index in [1.807, 2.05) is 31.2 Å². The van der Waals surface area contributed by atoms with Crippen molar-refractivity contribution in [3.05, 3.63) is 72.0 Å². The van der Waals surface area contributed by atoms with Crippen LogP contribution in [0.4, 0.5) is 21.7 Å². The van der Waals surface area contributed by atoms with Gasteiger partial charge in [0.1, 0.15) is 11.6 Å². The van der Waals surface area contributed by atoms with Gasteiger partial charge in [0.25, 0.3) is 5.91 Å². The number of amides is 1. The van der Waals surface area contributed by atoms with E-state index in [0.717, 1.165) is 5.69 Å². The van der Waals surface area contributed by atoms with Crippen molar-refractivity contribution in [1.29, 1.82) is 0 Å². The number of aromatic nitrogens is 2. The standard InChI is InChI=1S/C19H17FN4O2/c1-2-26-16-6-4-3-5-15(16)21-17-11-12-18(24-23-17)22-19(25)13-7-9-14(20)10-8-13/h3-12H,2H2,1H3,(H,21,23)(H,22,24,25). The predicted octanol–water partition coefficient (Wildman–Crippen LogP) is 4.01. The highest BCUT2D eigenvalue weighted by Gasteiger charge is 2.08. The first kappa shape index (κ1) is 17.3. The van der Waals surface area contributed by atoms with Crippen molar-refractivity contribution in [2.45, 2.75) is 6.92 Å². The van der Waals surface area contributed by atoms with E-state index >= 15 is 0 Å². The van der Waals surface area contributed by atoms with Gasteiger partial charge in [-0.2, -0.15) is 0 Å². The summed E-state index contributed by atoms with van der Waals surface area (Å²) in [5, 5.41) is 13.8. The van der Waals surface area contributed by atoms with Gasteiger partial charge in [0.2, 0.25) is 0 Å². The van der Waals surface area contributed by atoms with Crippen molar-refractivity contribution in [1.82, 2.24) is 10.2 Å². The van der Waals surface area contributed by atoms with Crippen LogP contribution in [-0.2, 0) is 0 Å². The number of hydrogen-bond acceptors (Lipinski definition) is 5. The van der Waals surface area contributed by atoms with E-state index < -0.39 is 5.82 Å². The van der Waals surface area contributed by atoms with E-state index in [-0.39, 0.29) is 5.91 Å². The molecule has 6 nitrogen and oxygen atoms in total. The monoisotopic (exact) mass is 352 g/mol. The third-order valence-corrected chi connectivity index (χ3v) is 3.46. The van der Waals surface area contributed by atoms with Crippen LogP contribution in [0.3, 0.4) is 0 Å². The van der Waals surface area contributed by atoms with E-state index in [4.69, 9.17) is 4.74 Å². The lowest BCUT2D eigenvalue weighted by Crippen LogP contribution is -2.13. The van der Waals surface area contributed by atoms with Gasteiger partial charge in [0, 0.05) is 5.56 Å². The van der Waals surface area contributed by atoms with Gasteiger partial charge in [0.05, 0.1) is 12.3 Å². The first-order chi connectivity index (χ1) is 12.7. The molecule has 1 aromatic heterocycles. The van der Waals surface area contributed by atoms with E-state index in [9.17, 15) is 9.18 Å². The maximum atomic E-state index is 12.9. The summed E-state index contributed by atoms with van der Waals surface area (Å²) in [7, 11) is 0. The highest BCUT2D eigenvalue weighted by Crippen LogP contribution is 2.26. The maximum absolute atomic E-state index is 12.9. The van der Waals surface area contributed by atoms with Crippen LogP contribution in [0.25, 0.3) is 0 Å². The largest absolute Gasteiger partial charge is 0.492 e. The number of nitrogens with zero attached hydrogens (tertiary/aromatic N) is 2. The molecule has 0 saturated carbocycles. The van der Waals surface area contributed by atoms with Gasteiger partial charge < -0.3 is 15.4 Å². The highest BCUT2D eigenvalue weighted by molar-refractivity contribution is 6.03. The fourth-order valence-electron chi connectivity index (χ4n) is 2.24. The first-order valence-electron chi connectivity index (χ1n) is 8.05. The molecule has 0 spiro atoms. The number of halogens is 1. The zero-order valence-electron chi connectivity index (χ0n) is 14.1. The fraction of sp³-hybridized carbons (Fsp3) is 0.105. The number of carbonyl (C=O) groups is 1. The number of anilines is 3. The van der Waals surface area contributed by atoms with Crippen molar-refractivity contribution in [2.75, 3.05) is 17.2 Å². The van der Waals surface area contributed by atoms with Crippen LogP contribution in [0, 0.1) is 5.82 Å². The van der Waals surface area contributed by atoms with Crippen LogP contribution in [0.5, 0.6) is 5.75 Å². The van der Waals surface area contributed by atoms with Crippen LogP contribution in [0.15, 0.2) is 60.7 Å². The van der Waals surface area contributed by atoms with Crippen LogP contribution in [0.2, 0.25) is 0 Å². The van der Waals surface area contributed by atoms with Gasteiger partial charge in [0.15, 0.2) is 11.6 Å². The highest BCUT2D eigenvalue weighted by atomic mass is 19.1. The quantitative estimate of drug-likeness (QED) is 0.701. The minimum Gasteiger partial charge on any atom is -0.492 e. The molecule has 3 aromatic rings. The summed E-state index contributed by atoms with van der Waals surface area (Å²) in [6.45, 7) is 2.47. The van der Waals surface area contributed by atoms with Crippen molar-refractivity contribution >= 4 is 23.2 Å². The predicted molar refractivity (Wildman–Crippen MR) is 97.3 cm³/mol. The second kappa shape index (κ2) is 8.06. The van der Waals surface area contributed by atoms with Gasteiger partial charge in [-0.3, -0.25) is 4.79 Å². The molecular formula is C19H17FN4O2. The van der Waals surface area contributed by atoms with Crippen molar-refractivity contribution in [2.24, 2.45) is 0 Å². The van der Waals surface area contributed by atoms with E-state index in [2.05, 4.69) is 20.8 Å². The summed E-state index contributed by atoms with van der Waals surface area (Å²) in [5.41, 5.74) is 1.10. The molecule has 0 radical (unpaired) electrons. The zero-order valence-corrected chi connectivity index (χ0v) is 14.1. The van der Waals surface area contributed by atoms with Gasteiger partial charge >= 0.3 is 0 Å². The molecule has 0 bridgehead atoms. The average Bonchev–Trinajstić information content (AvgIpc) is 2.65. The molecule has 0 atom stereocenters. The molecular weight excluding hydrogens is 335 g/mol. The molecule has 1 heterocycles. The normalized spacial score (nSPS) is 10.2. The number of para-hydroxylation sites is 2. The number of ether oxygens (including phenoxy) is 1. The van der Waals surface area contributed by atoms with Gasteiger partial charge in [-0.15, -0.1) is 10.2 Å². The Kier molecular flexibility index (Phi) is 5.38. The lowest BCUT2D eigenvalue weighted by atomic mass is 10.2. The second-order valence-corrected chi connectivity index (χ2v) is 5.32. The Hall–Kier alpha value is -3.48. The van der Waals surface area contributed by atoms with Crippen molar-refractivity contribution in [3.63, 3.8) is 0 Å². The second-order valence-electron chi connectivity index (χ2n) is 5.32. The van der Waals surface area contributed by atoms with Gasteiger partial charge in [-0.05, 0) is 55.5 Å². The van der Waals surface area contributed by atoms with Gasteiger partial charge in [-0.25, -0.2) is 4.39 Å². The Morgan fingerprint density at radius 3 is 2.38 bits per heavy atom. The number of nitrogens with one attached hydrogen (secondary N) is 2. The number of carbonyl (C=O) groups excluding carboxylic acids is 1. The molecule has 7 heteroatoms. The van der Waals surface area contributed by atoms with E-state index in [1.165, 1.54) is 24.3 Å². The van der Waals surface area contributed by atoms with Crippen LogP contribution < -0.4 is 15.4 Å². The van der Waals surface area contributed by atoms with Crippen LogP contribution >= 0.6 is 0 Å². The van der Waals surface area contributed by atoms with E-state index in [0.29, 0.717) is 29.6 Å². The number of rotatable bonds is 6. The molecule has 2 aromatic carbocycles. The molecule has 0 aliphatic heterocycles. The van der Waals surface area contributed by atoms with Gasteiger partial charge in [-0.1, -0.05) is 12.1 Å². The third-order valence-electron chi connectivity index (χ3n) is 3.46. The molecule has 0 aliphatic carbocycles. The smallest absolute Gasteiger partial charge is 0.256 e. The Morgan fingerprint density at radius 2 is 1.69 bits per heavy atom. The molecule has 132 valence electrons.